The van der Waals surface area contributed by atoms with Crippen molar-refractivity contribution in [1.29, 1.82) is 0 Å². The lowest BCUT2D eigenvalue weighted by Crippen LogP contribution is -2.22. The van der Waals surface area contributed by atoms with Crippen molar-refractivity contribution in [3.05, 3.63) is 35.5 Å². The van der Waals surface area contributed by atoms with Gasteiger partial charge in [-0.05, 0) is 44.4 Å². The van der Waals surface area contributed by atoms with Crippen LogP contribution in [0.1, 0.15) is 43.1 Å². The molecule has 2 rings (SSSR count). The molecule has 2 aromatic heterocycles. The molecule has 0 spiro atoms. The van der Waals surface area contributed by atoms with Crippen LogP contribution in [0.2, 0.25) is 0 Å². The molecule has 1 atom stereocenters. The lowest BCUT2D eigenvalue weighted by molar-refractivity contribution is 0.601. The van der Waals surface area contributed by atoms with E-state index in [9.17, 15) is 0 Å². The number of rotatable bonds is 6. The predicted octanol–water partition coefficient (Wildman–Crippen LogP) is 2.65. The Morgan fingerprint density at radius 1 is 1.19 bits per heavy atom. The van der Waals surface area contributed by atoms with E-state index in [0.717, 1.165) is 36.6 Å². The molecule has 0 saturated heterocycles. The summed E-state index contributed by atoms with van der Waals surface area (Å²) in [5.74, 6) is 1.07. The fourth-order valence-corrected chi connectivity index (χ4v) is 2.57. The molecule has 1 unspecified atom stereocenters. The van der Waals surface area contributed by atoms with Gasteiger partial charge in [-0.2, -0.15) is 0 Å². The van der Waals surface area contributed by atoms with Crippen LogP contribution >= 0.6 is 0 Å². The molecule has 0 aromatic carbocycles. The highest BCUT2D eigenvalue weighted by atomic mass is 14.9. The fraction of sp³-hybridized carbons (Fsp3) is 0.500. The normalized spacial score (nSPS) is 12.4. The molecular weight excluding hydrogens is 262 g/mol. The van der Waals surface area contributed by atoms with Crippen molar-refractivity contribution >= 4 is 0 Å². The Hall–Kier alpha value is -1.88. The minimum absolute atomic E-state index is 0.399. The molecule has 0 saturated carbocycles. The van der Waals surface area contributed by atoms with E-state index in [-0.39, 0.29) is 0 Å². The fourth-order valence-electron chi connectivity index (χ4n) is 2.57. The van der Waals surface area contributed by atoms with E-state index in [0.29, 0.717) is 11.7 Å². The SMILES string of the molecule is CCCNCC(C)c1c(C)nc(-c2ccncn2)nc1C. The van der Waals surface area contributed by atoms with Gasteiger partial charge in [0.15, 0.2) is 5.82 Å². The van der Waals surface area contributed by atoms with Gasteiger partial charge in [0.2, 0.25) is 0 Å². The molecular formula is C16H23N5. The van der Waals surface area contributed by atoms with Crippen molar-refractivity contribution in [2.45, 2.75) is 40.0 Å². The van der Waals surface area contributed by atoms with Crippen molar-refractivity contribution in [3.8, 4) is 11.5 Å². The molecule has 2 heterocycles. The van der Waals surface area contributed by atoms with Gasteiger partial charge in [0.25, 0.3) is 0 Å². The summed E-state index contributed by atoms with van der Waals surface area (Å²) >= 11 is 0. The average Bonchev–Trinajstić information content (AvgIpc) is 2.47. The Labute approximate surface area is 126 Å². The van der Waals surface area contributed by atoms with Gasteiger partial charge in [-0.15, -0.1) is 0 Å². The maximum Gasteiger partial charge on any atom is 0.178 e. The lowest BCUT2D eigenvalue weighted by atomic mass is 9.98. The average molecular weight is 285 g/mol. The van der Waals surface area contributed by atoms with Gasteiger partial charge in [-0.3, -0.25) is 0 Å². The van der Waals surface area contributed by atoms with Crippen LogP contribution in [0.15, 0.2) is 18.6 Å². The molecule has 5 heteroatoms. The second-order valence-corrected chi connectivity index (χ2v) is 5.33. The number of aryl methyl sites for hydroxylation is 2. The van der Waals surface area contributed by atoms with Gasteiger partial charge in [0.1, 0.15) is 12.0 Å². The molecule has 0 aliphatic heterocycles. The Bertz CT molecular complexity index is 559. The number of hydrogen-bond donors (Lipinski definition) is 1. The Kier molecular flexibility index (Phi) is 5.33. The second kappa shape index (κ2) is 7.22. The van der Waals surface area contributed by atoms with E-state index < -0.39 is 0 Å². The second-order valence-electron chi connectivity index (χ2n) is 5.33. The molecule has 21 heavy (non-hydrogen) atoms. The molecule has 5 nitrogen and oxygen atoms in total. The summed E-state index contributed by atoms with van der Waals surface area (Å²) < 4.78 is 0. The van der Waals surface area contributed by atoms with Crippen molar-refractivity contribution in [2.75, 3.05) is 13.1 Å². The largest absolute Gasteiger partial charge is 0.316 e. The Morgan fingerprint density at radius 3 is 2.48 bits per heavy atom. The van der Waals surface area contributed by atoms with E-state index in [4.69, 9.17) is 0 Å². The van der Waals surface area contributed by atoms with Crippen LogP contribution in [0, 0.1) is 13.8 Å². The summed E-state index contributed by atoms with van der Waals surface area (Å²) in [5, 5.41) is 3.46. The zero-order valence-electron chi connectivity index (χ0n) is 13.2. The zero-order valence-corrected chi connectivity index (χ0v) is 13.2. The van der Waals surface area contributed by atoms with Crippen molar-refractivity contribution in [3.63, 3.8) is 0 Å². The van der Waals surface area contributed by atoms with E-state index in [1.54, 1.807) is 6.20 Å². The maximum absolute atomic E-state index is 4.62. The first-order valence-electron chi connectivity index (χ1n) is 7.45. The van der Waals surface area contributed by atoms with Gasteiger partial charge in [0, 0.05) is 24.1 Å². The molecule has 0 fully saturated rings. The third-order valence-electron chi connectivity index (χ3n) is 3.51. The number of nitrogens with zero attached hydrogens (tertiary/aromatic N) is 4. The smallest absolute Gasteiger partial charge is 0.178 e. The first-order chi connectivity index (χ1) is 10.1. The van der Waals surface area contributed by atoms with E-state index in [1.165, 1.54) is 11.9 Å². The van der Waals surface area contributed by atoms with Gasteiger partial charge in [0.05, 0.1) is 0 Å². The van der Waals surface area contributed by atoms with Gasteiger partial charge >= 0.3 is 0 Å². The molecule has 1 N–H and O–H groups in total. The molecule has 0 aliphatic rings. The number of hydrogen-bond acceptors (Lipinski definition) is 5. The Morgan fingerprint density at radius 2 is 1.90 bits per heavy atom. The first kappa shape index (κ1) is 15.5. The summed E-state index contributed by atoms with van der Waals surface area (Å²) in [6.07, 6.45) is 4.38. The number of aromatic nitrogens is 4. The third kappa shape index (κ3) is 3.82. The summed E-state index contributed by atoms with van der Waals surface area (Å²) in [5.41, 5.74) is 4.06. The van der Waals surface area contributed by atoms with Crippen molar-refractivity contribution in [2.24, 2.45) is 0 Å². The van der Waals surface area contributed by atoms with Gasteiger partial charge < -0.3 is 5.32 Å². The maximum atomic E-state index is 4.62. The minimum Gasteiger partial charge on any atom is -0.316 e. The van der Waals surface area contributed by atoms with Crippen LogP contribution in [-0.2, 0) is 0 Å². The topological polar surface area (TPSA) is 63.6 Å². The van der Waals surface area contributed by atoms with E-state index in [2.05, 4.69) is 39.1 Å². The van der Waals surface area contributed by atoms with E-state index in [1.807, 2.05) is 19.9 Å². The third-order valence-corrected chi connectivity index (χ3v) is 3.51. The van der Waals surface area contributed by atoms with Crippen molar-refractivity contribution < 1.29 is 0 Å². The minimum atomic E-state index is 0.399. The molecule has 0 radical (unpaired) electrons. The molecule has 0 bridgehead atoms. The van der Waals surface area contributed by atoms with Crippen LogP contribution in [0.4, 0.5) is 0 Å². The highest BCUT2D eigenvalue weighted by Crippen LogP contribution is 2.23. The summed E-state index contributed by atoms with van der Waals surface area (Å²) in [7, 11) is 0. The molecule has 112 valence electrons. The first-order valence-corrected chi connectivity index (χ1v) is 7.45. The monoisotopic (exact) mass is 285 g/mol. The standard InChI is InChI=1S/C16H23N5/c1-5-7-17-9-11(2)15-12(3)20-16(21-13(15)4)14-6-8-18-10-19-14/h6,8,10-11,17H,5,7,9H2,1-4H3. The summed E-state index contributed by atoms with van der Waals surface area (Å²) in [6, 6.07) is 1.83. The quantitative estimate of drug-likeness (QED) is 0.827. The molecule has 2 aromatic rings. The zero-order chi connectivity index (χ0) is 15.2. The van der Waals surface area contributed by atoms with Crippen LogP contribution in [0.3, 0.4) is 0 Å². The Balaban J connectivity index is 2.25. The van der Waals surface area contributed by atoms with Crippen LogP contribution in [0.5, 0.6) is 0 Å². The number of nitrogens with one attached hydrogen (secondary N) is 1. The highest BCUT2D eigenvalue weighted by Gasteiger charge is 2.15. The van der Waals surface area contributed by atoms with Gasteiger partial charge in [-0.1, -0.05) is 13.8 Å². The van der Waals surface area contributed by atoms with Crippen LogP contribution in [-0.4, -0.2) is 33.0 Å². The summed E-state index contributed by atoms with van der Waals surface area (Å²) in [4.78, 5) is 17.4. The summed E-state index contributed by atoms with van der Waals surface area (Å²) in [6.45, 7) is 10.5. The highest BCUT2D eigenvalue weighted by molar-refractivity contribution is 5.49. The lowest BCUT2D eigenvalue weighted by Gasteiger charge is -2.17. The van der Waals surface area contributed by atoms with Crippen molar-refractivity contribution in [1.82, 2.24) is 25.3 Å². The van der Waals surface area contributed by atoms with E-state index >= 15 is 0 Å². The van der Waals surface area contributed by atoms with Crippen LogP contribution < -0.4 is 5.32 Å². The molecule has 0 aliphatic carbocycles. The van der Waals surface area contributed by atoms with Crippen LogP contribution in [0.25, 0.3) is 11.5 Å². The van der Waals surface area contributed by atoms with Gasteiger partial charge in [-0.25, -0.2) is 19.9 Å². The molecule has 0 amide bonds. The predicted molar refractivity (Wildman–Crippen MR) is 84.1 cm³/mol.